The first-order valence-corrected chi connectivity index (χ1v) is 4.60. The summed E-state index contributed by atoms with van der Waals surface area (Å²) in [6, 6.07) is 0. The third kappa shape index (κ3) is 2.41. The molecule has 1 rings (SSSR count). The van der Waals surface area contributed by atoms with Gasteiger partial charge in [0.2, 0.25) is 0 Å². The van der Waals surface area contributed by atoms with Crippen molar-refractivity contribution >= 4 is 6.29 Å². The Balaban J connectivity index is 2.68. The number of aromatic nitrogens is 2. The molecular weight excluding hydrogens is 164 g/mol. The maximum Gasteiger partial charge on any atom is 0.168 e. The minimum atomic E-state index is 0.563. The van der Waals surface area contributed by atoms with Crippen molar-refractivity contribution in [2.75, 3.05) is 0 Å². The van der Waals surface area contributed by atoms with Gasteiger partial charge in [-0.05, 0) is 11.8 Å². The second-order valence-corrected chi connectivity index (χ2v) is 3.81. The van der Waals surface area contributed by atoms with Gasteiger partial charge in [0.1, 0.15) is 5.69 Å². The lowest BCUT2D eigenvalue weighted by Gasteiger charge is -2.16. The van der Waals surface area contributed by atoms with Crippen LogP contribution in [0.1, 0.15) is 31.3 Å². The lowest BCUT2D eigenvalue weighted by Crippen LogP contribution is -2.13. The maximum atomic E-state index is 10.6. The molecule has 1 atom stereocenters. The number of aldehydes is 1. The average Bonchev–Trinajstić information content (AvgIpc) is 2.51. The quantitative estimate of drug-likeness (QED) is 0.664. The van der Waals surface area contributed by atoms with E-state index < -0.39 is 0 Å². The summed E-state index contributed by atoms with van der Waals surface area (Å²) in [5.41, 5.74) is 0.660. The molecule has 0 fully saturated rings. The van der Waals surface area contributed by atoms with Crippen LogP contribution >= 0.6 is 0 Å². The molecule has 72 valence electrons. The monoisotopic (exact) mass is 180 g/mol. The fourth-order valence-corrected chi connectivity index (χ4v) is 1.10. The standard InChI is InChI=1S/C10H16N2O/c1-8(2)9(3)5-12-7-11-4-10(12)6-13/h4,6-9H,5H2,1-3H3. The second-order valence-electron chi connectivity index (χ2n) is 3.81. The first kappa shape index (κ1) is 9.96. The summed E-state index contributed by atoms with van der Waals surface area (Å²) in [6.45, 7) is 7.41. The number of nitrogens with zero attached hydrogens (tertiary/aromatic N) is 2. The molecule has 3 nitrogen and oxygen atoms in total. The highest BCUT2D eigenvalue weighted by molar-refractivity contribution is 5.71. The first-order valence-electron chi connectivity index (χ1n) is 4.60. The number of imidazole rings is 1. The van der Waals surface area contributed by atoms with Gasteiger partial charge in [-0.25, -0.2) is 4.98 Å². The van der Waals surface area contributed by atoms with Crippen LogP contribution in [0.5, 0.6) is 0 Å². The van der Waals surface area contributed by atoms with E-state index in [1.165, 1.54) is 0 Å². The van der Waals surface area contributed by atoms with Crippen LogP contribution in [0.3, 0.4) is 0 Å². The van der Waals surface area contributed by atoms with E-state index in [9.17, 15) is 4.79 Å². The molecule has 0 bridgehead atoms. The Bertz CT molecular complexity index is 278. The van der Waals surface area contributed by atoms with Gasteiger partial charge in [0.05, 0.1) is 12.5 Å². The highest BCUT2D eigenvalue weighted by Crippen LogP contribution is 2.12. The SMILES string of the molecule is CC(C)C(C)Cn1cncc1C=O. The van der Waals surface area contributed by atoms with E-state index in [2.05, 4.69) is 25.8 Å². The van der Waals surface area contributed by atoms with Gasteiger partial charge in [0.15, 0.2) is 6.29 Å². The smallest absolute Gasteiger partial charge is 0.168 e. The molecule has 1 aromatic heterocycles. The van der Waals surface area contributed by atoms with Crippen LogP contribution in [0.25, 0.3) is 0 Å². The molecule has 0 aliphatic carbocycles. The molecule has 0 aromatic carbocycles. The maximum absolute atomic E-state index is 10.6. The highest BCUT2D eigenvalue weighted by atomic mass is 16.1. The minimum Gasteiger partial charge on any atom is -0.328 e. The van der Waals surface area contributed by atoms with Crippen molar-refractivity contribution in [3.8, 4) is 0 Å². The van der Waals surface area contributed by atoms with Gasteiger partial charge >= 0.3 is 0 Å². The molecule has 1 aromatic rings. The Morgan fingerprint density at radius 2 is 2.23 bits per heavy atom. The molecule has 0 amide bonds. The van der Waals surface area contributed by atoms with Crippen molar-refractivity contribution in [3.05, 3.63) is 18.2 Å². The lowest BCUT2D eigenvalue weighted by molar-refractivity contribution is 0.111. The molecule has 0 aliphatic rings. The van der Waals surface area contributed by atoms with Crippen LogP contribution in [0.15, 0.2) is 12.5 Å². The first-order chi connectivity index (χ1) is 6.15. The van der Waals surface area contributed by atoms with Crippen molar-refractivity contribution in [2.45, 2.75) is 27.3 Å². The number of rotatable bonds is 4. The summed E-state index contributed by atoms with van der Waals surface area (Å²) in [6.07, 6.45) is 4.16. The van der Waals surface area contributed by atoms with Gasteiger partial charge in [0, 0.05) is 6.54 Å². The van der Waals surface area contributed by atoms with Crippen LogP contribution < -0.4 is 0 Å². The van der Waals surface area contributed by atoms with E-state index in [1.807, 2.05) is 4.57 Å². The zero-order valence-electron chi connectivity index (χ0n) is 8.40. The molecule has 3 heteroatoms. The third-order valence-electron chi connectivity index (χ3n) is 2.49. The Morgan fingerprint density at radius 3 is 2.77 bits per heavy atom. The van der Waals surface area contributed by atoms with E-state index >= 15 is 0 Å². The summed E-state index contributed by atoms with van der Waals surface area (Å²) in [5.74, 6) is 1.19. The van der Waals surface area contributed by atoms with E-state index in [4.69, 9.17) is 0 Å². The van der Waals surface area contributed by atoms with Crippen molar-refractivity contribution in [2.24, 2.45) is 11.8 Å². The Labute approximate surface area is 78.8 Å². The fourth-order valence-electron chi connectivity index (χ4n) is 1.10. The molecule has 13 heavy (non-hydrogen) atoms. The van der Waals surface area contributed by atoms with Crippen LogP contribution in [-0.2, 0) is 6.54 Å². The van der Waals surface area contributed by atoms with Crippen molar-refractivity contribution in [1.82, 2.24) is 9.55 Å². The molecule has 0 aliphatic heterocycles. The largest absolute Gasteiger partial charge is 0.328 e. The molecule has 0 radical (unpaired) electrons. The number of hydrogen-bond acceptors (Lipinski definition) is 2. The van der Waals surface area contributed by atoms with E-state index in [0.29, 0.717) is 17.5 Å². The number of hydrogen-bond donors (Lipinski definition) is 0. The van der Waals surface area contributed by atoms with Crippen molar-refractivity contribution in [1.29, 1.82) is 0 Å². The van der Waals surface area contributed by atoms with Gasteiger partial charge in [-0.3, -0.25) is 4.79 Å². The molecule has 0 saturated heterocycles. The summed E-state index contributed by atoms with van der Waals surface area (Å²) >= 11 is 0. The Kier molecular flexibility index (Phi) is 3.23. The number of carbonyl (C=O) groups is 1. The van der Waals surface area contributed by atoms with E-state index in [-0.39, 0.29) is 0 Å². The molecule has 0 saturated carbocycles. The van der Waals surface area contributed by atoms with Crippen molar-refractivity contribution in [3.63, 3.8) is 0 Å². The minimum absolute atomic E-state index is 0.563. The fraction of sp³-hybridized carbons (Fsp3) is 0.600. The van der Waals surface area contributed by atoms with Crippen LogP contribution in [-0.4, -0.2) is 15.8 Å². The lowest BCUT2D eigenvalue weighted by atomic mass is 9.98. The average molecular weight is 180 g/mol. The van der Waals surface area contributed by atoms with Gasteiger partial charge < -0.3 is 4.57 Å². The molecular formula is C10H16N2O. The van der Waals surface area contributed by atoms with Gasteiger partial charge in [-0.15, -0.1) is 0 Å². The predicted molar refractivity (Wildman–Crippen MR) is 51.6 cm³/mol. The van der Waals surface area contributed by atoms with E-state index in [0.717, 1.165) is 12.8 Å². The zero-order valence-corrected chi connectivity index (χ0v) is 8.40. The second kappa shape index (κ2) is 4.21. The van der Waals surface area contributed by atoms with Crippen LogP contribution in [0, 0.1) is 11.8 Å². The van der Waals surface area contributed by atoms with Gasteiger partial charge in [0.25, 0.3) is 0 Å². The summed E-state index contributed by atoms with van der Waals surface area (Å²) < 4.78 is 1.90. The van der Waals surface area contributed by atoms with Crippen molar-refractivity contribution < 1.29 is 4.79 Å². The van der Waals surface area contributed by atoms with Gasteiger partial charge in [-0.2, -0.15) is 0 Å². The summed E-state index contributed by atoms with van der Waals surface area (Å²) in [7, 11) is 0. The normalized spacial score (nSPS) is 13.2. The summed E-state index contributed by atoms with van der Waals surface area (Å²) in [5, 5.41) is 0. The van der Waals surface area contributed by atoms with E-state index in [1.54, 1.807) is 12.5 Å². The predicted octanol–water partition coefficient (Wildman–Crippen LogP) is 1.99. The number of carbonyl (C=O) groups excluding carboxylic acids is 1. The van der Waals surface area contributed by atoms with Crippen LogP contribution in [0.2, 0.25) is 0 Å². The third-order valence-corrected chi connectivity index (χ3v) is 2.49. The molecule has 0 spiro atoms. The molecule has 1 unspecified atom stereocenters. The zero-order chi connectivity index (χ0) is 9.84. The summed E-state index contributed by atoms with van der Waals surface area (Å²) in [4.78, 5) is 14.5. The molecule has 0 N–H and O–H groups in total. The Hall–Kier alpha value is -1.12. The topological polar surface area (TPSA) is 34.9 Å². The molecule has 1 heterocycles. The van der Waals surface area contributed by atoms with Gasteiger partial charge in [-0.1, -0.05) is 20.8 Å². The highest BCUT2D eigenvalue weighted by Gasteiger charge is 2.09. The van der Waals surface area contributed by atoms with Crippen LogP contribution in [0.4, 0.5) is 0 Å². The Morgan fingerprint density at radius 1 is 1.54 bits per heavy atom.